The zero-order valence-corrected chi connectivity index (χ0v) is 7.96. The van der Waals surface area contributed by atoms with Crippen LogP contribution in [0.15, 0.2) is 12.2 Å². The molecule has 0 aromatic heterocycles. The van der Waals surface area contributed by atoms with Gasteiger partial charge in [-0.2, -0.15) is 0 Å². The van der Waals surface area contributed by atoms with E-state index in [1.165, 1.54) is 0 Å². The number of aliphatic hydroxyl groups is 1. The third-order valence-corrected chi connectivity index (χ3v) is 3.47. The molecule has 0 saturated carbocycles. The molecule has 0 spiro atoms. The van der Waals surface area contributed by atoms with E-state index >= 15 is 0 Å². The maximum atomic E-state index is 13.4. The normalized spacial score (nSPS) is 45.6. The summed E-state index contributed by atoms with van der Waals surface area (Å²) in [5, 5.41) is 9.33. The minimum Gasteiger partial charge on any atom is -0.394 e. The Labute approximate surface area is 78.0 Å². The van der Waals surface area contributed by atoms with Crippen LogP contribution in [0.4, 0.5) is 4.39 Å². The summed E-state index contributed by atoms with van der Waals surface area (Å²) in [4.78, 5) is 2.07. The Hall–Kier alpha value is -0.410. The van der Waals surface area contributed by atoms with E-state index in [2.05, 4.69) is 11.5 Å². The first-order valence-electron chi connectivity index (χ1n) is 4.77. The fraction of sp³-hybridized carbons (Fsp3) is 0.800. The molecule has 2 fully saturated rings. The number of fused-ring (bicyclic) bond motifs is 1. The van der Waals surface area contributed by atoms with Crippen LogP contribution < -0.4 is 0 Å². The van der Waals surface area contributed by atoms with Gasteiger partial charge in [-0.3, -0.25) is 4.90 Å². The smallest absolute Gasteiger partial charge is 0.117 e. The van der Waals surface area contributed by atoms with Gasteiger partial charge in [0.2, 0.25) is 0 Å². The second kappa shape index (κ2) is 2.79. The van der Waals surface area contributed by atoms with Gasteiger partial charge in [-0.05, 0) is 13.3 Å². The molecule has 3 atom stereocenters. The van der Waals surface area contributed by atoms with Crippen LogP contribution in [0.2, 0.25) is 0 Å². The Bertz CT molecular complexity index is 243. The van der Waals surface area contributed by atoms with Crippen molar-refractivity contribution < 1.29 is 9.50 Å². The summed E-state index contributed by atoms with van der Waals surface area (Å²) in [7, 11) is 0. The third kappa shape index (κ3) is 1.14. The van der Waals surface area contributed by atoms with Crippen LogP contribution in [0, 0.1) is 0 Å². The zero-order chi connectivity index (χ0) is 9.64. The Morgan fingerprint density at radius 2 is 2.46 bits per heavy atom. The van der Waals surface area contributed by atoms with Crippen LogP contribution in [0.5, 0.6) is 0 Å². The van der Waals surface area contributed by atoms with Crippen molar-refractivity contribution in [1.29, 1.82) is 0 Å². The van der Waals surface area contributed by atoms with E-state index < -0.39 is 6.17 Å². The summed E-state index contributed by atoms with van der Waals surface area (Å²) in [5.41, 5.74) is 0.795. The van der Waals surface area contributed by atoms with Gasteiger partial charge in [0.25, 0.3) is 0 Å². The minimum absolute atomic E-state index is 0.0524. The molecule has 2 heterocycles. The lowest BCUT2D eigenvalue weighted by atomic mass is 9.93. The Balaban J connectivity index is 2.27. The fourth-order valence-electron chi connectivity index (χ4n) is 2.74. The Kier molecular flexibility index (Phi) is 1.96. The number of nitrogens with zero attached hydrogens (tertiary/aromatic N) is 1. The molecule has 13 heavy (non-hydrogen) atoms. The molecule has 2 aliphatic heterocycles. The van der Waals surface area contributed by atoms with Gasteiger partial charge >= 0.3 is 0 Å². The average molecular weight is 185 g/mol. The molecule has 2 saturated heterocycles. The van der Waals surface area contributed by atoms with E-state index in [-0.39, 0.29) is 18.2 Å². The highest BCUT2D eigenvalue weighted by atomic mass is 19.1. The summed E-state index contributed by atoms with van der Waals surface area (Å²) < 4.78 is 13.4. The van der Waals surface area contributed by atoms with Crippen LogP contribution in [-0.4, -0.2) is 40.9 Å². The van der Waals surface area contributed by atoms with Crippen molar-refractivity contribution in [3.05, 3.63) is 12.2 Å². The largest absolute Gasteiger partial charge is 0.394 e. The van der Waals surface area contributed by atoms with Gasteiger partial charge in [0.05, 0.1) is 12.1 Å². The van der Waals surface area contributed by atoms with Crippen LogP contribution in [0.3, 0.4) is 0 Å². The van der Waals surface area contributed by atoms with E-state index in [0.717, 1.165) is 18.5 Å². The average Bonchev–Trinajstić information content (AvgIpc) is 2.51. The highest BCUT2D eigenvalue weighted by Crippen LogP contribution is 2.44. The quantitative estimate of drug-likeness (QED) is 0.619. The van der Waals surface area contributed by atoms with Crippen molar-refractivity contribution in [3.8, 4) is 0 Å². The minimum atomic E-state index is -0.791. The first-order valence-corrected chi connectivity index (χ1v) is 4.77. The lowest BCUT2D eigenvalue weighted by Crippen LogP contribution is -2.44. The monoisotopic (exact) mass is 185 g/mol. The van der Waals surface area contributed by atoms with Crippen LogP contribution in [0.1, 0.15) is 19.8 Å². The van der Waals surface area contributed by atoms with Gasteiger partial charge in [0, 0.05) is 19.0 Å². The first-order chi connectivity index (χ1) is 6.09. The van der Waals surface area contributed by atoms with Crippen molar-refractivity contribution in [3.63, 3.8) is 0 Å². The maximum absolute atomic E-state index is 13.4. The number of hydrogen-bond donors (Lipinski definition) is 1. The van der Waals surface area contributed by atoms with Gasteiger partial charge in [0.15, 0.2) is 0 Å². The number of halogens is 1. The summed E-state index contributed by atoms with van der Waals surface area (Å²) in [6.45, 7) is 6.61. The number of hydrogen-bond acceptors (Lipinski definition) is 2. The molecule has 0 amide bonds. The molecule has 74 valence electrons. The molecule has 0 radical (unpaired) electrons. The van der Waals surface area contributed by atoms with Crippen molar-refractivity contribution in [1.82, 2.24) is 4.90 Å². The predicted molar refractivity (Wildman–Crippen MR) is 49.3 cm³/mol. The van der Waals surface area contributed by atoms with E-state index in [0.29, 0.717) is 6.42 Å². The van der Waals surface area contributed by atoms with Crippen LogP contribution in [-0.2, 0) is 0 Å². The van der Waals surface area contributed by atoms with Gasteiger partial charge in [0.1, 0.15) is 6.17 Å². The molecule has 0 aromatic carbocycles. The molecule has 1 N–H and O–H groups in total. The van der Waals surface area contributed by atoms with Crippen LogP contribution in [0.25, 0.3) is 0 Å². The molecule has 2 aliphatic rings. The lowest BCUT2D eigenvalue weighted by Gasteiger charge is -2.30. The summed E-state index contributed by atoms with van der Waals surface area (Å²) in [6, 6.07) is -0.0635. The van der Waals surface area contributed by atoms with Crippen molar-refractivity contribution in [2.45, 2.75) is 37.5 Å². The second-order valence-electron chi connectivity index (χ2n) is 4.40. The van der Waals surface area contributed by atoms with Gasteiger partial charge in [-0.15, -0.1) is 0 Å². The van der Waals surface area contributed by atoms with Crippen molar-refractivity contribution >= 4 is 0 Å². The van der Waals surface area contributed by atoms with E-state index in [1.807, 2.05) is 6.92 Å². The number of rotatable bonds is 1. The fourth-order valence-corrected chi connectivity index (χ4v) is 2.74. The molecule has 2 rings (SSSR count). The molecule has 2 unspecified atom stereocenters. The van der Waals surface area contributed by atoms with E-state index in [1.54, 1.807) is 0 Å². The Morgan fingerprint density at radius 3 is 3.00 bits per heavy atom. The zero-order valence-electron chi connectivity index (χ0n) is 7.96. The van der Waals surface area contributed by atoms with Crippen molar-refractivity contribution in [2.75, 3.05) is 13.2 Å². The molecule has 0 aromatic rings. The first kappa shape index (κ1) is 9.16. The van der Waals surface area contributed by atoms with Crippen molar-refractivity contribution in [2.24, 2.45) is 0 Å². The second-order valence-corrected chi connectivity index (χ2v) is 4.40. The predicted octanol–water partition coefficient (Wildman–Crippen LogP) is 1.11. The molecule has 3 heteroatoms. The summed E-state index contributed by atoms with van der Waals surface area (Å²) in [5.74, 6) is 0. The maximum Gasteiger partial charge on any atom is 0.117 e. The van der Waals surface area contributed by atoms with Crippen LogP contribution >= 0.6 is 0 Å². The number of alkyl halides is 1. The molecular weight excluding hydrogens is 169 g/mol. The number of aliphatic hydroxyl groups excluding tert-OH is 1. The highest BCUT2D eigenvalue weighted by Gasteiger charge is 2.53. The summed E-state index contributed by atoms with van der Waals surface area (Å²) >= 11 is 0. The van der Waals surface area contributed by atoms with Gasteiger partial charge in [-0.1, -0.05) is 12.2 Å². The third-order valence-electron chi connectivity index (χ3n) is 3.47. The molecule has 0 bridgehead atoms. The van der Waals surface area contributed by atoms with Gasteiger partial charge < -0.3 is 5.11 Å². The van der Waals surface area contributed by atoms with E-state index in [4.69, 9.17) is 0 Å². The SMILES string of the molecule is C=C1CN2C(C)[C@H](F)CC2(CO)C1. The molecule has 0 aliphatic carbocycles. The summed E-state index contributed by atoms with van der Waals surface area (Å²) in [6.07, 6.45) is 0.429. The Morgan fingerprint density at radius 1 is 1.77 bits per heavy atom. The van der Waals surface area contributed by atoms with Gasteiger partial charge in [-0.25, -0.2) is 4.39 Å². The molecular formula is C10H16FNO. The lowest BCUT2D eigenvalue weighted by molar-refractivity contribution is 0.0810. The highest BCUT2D eigenvalue weighted by molar-refractivity contribution is 5.20. The van der Waals surface area contributed by atoms with E-state index in [9.17, 15) is 9.50 Å². The topological polar surface area (TPSA) is 23.5 Å². The molecule has 2 nitrogen and oxygen atoms in total. The standard InChI is InChI=1S/C10H16FNO/c1-7-3-10(6-13)4-9(11)8(2)12(10)5-7/h8-9,13H,1,3-6H2,2H3/t8?,9-,10?/m1/s1.